The fraction of sp³-hybridized carbons (Fsp3) is 0.714. The summed E-state index contributed by atoms with van der Waals surface area (Å²) in [5, 5.41) is 0. The molecular weight excluding hydrogens is 312 g/mol. The van der Waals surface area contributed by atoms with E-state index in [0.29, 0.717) is 0 Å². The van der Waals surface area contributed by atoms with Crippen molar-refractivity contribution in [3.63, 3.8) is 0 Å². The van der Waals surface area contributed by atoms with E-state index in [-0.39, 0.29) is 0 Å². The zero-order valence-corrected chi connectivity index (χ0v) is 8.24. The SMILES string of the molecule is FC/C(=C(\F)C(F)(C(F)(F)F)C(F)(F)F)C(F)(F)F. The van der Waals surface area contributed by atoms with Crippen molar-refractivity contribution in [2.75, 3.05) is 6.67 Å². The second-order valence-electron chi connectivity index (χ2n) is 3.08. The normalized spacial score (nSPS) is 16.4. The van der Waals surface area contributed by atoms with Gasteiger partial charge in [0.2, 0.25) is 0 Å². The lowest BCUT2D eigenvalue weighted by Gasteiger charge is -2.29. The first-order chi connectivity index (χ1) is 8.10. The van der Waals surface area contributed by atoms with Gasteiger partial charge in [-0.1, -0.05) is 0 Å². The van der Waals surface area contributed by atoms with Crippen LogP contribution in [0.5, 0.6) is 0 Å². The number of rotatable bonds is 2. The van der Waals surface area contributed by atoms with Gasteiger partial charge in [-0.3, -0.25) is 0 Å². The van der Waals surface area contributed by atoms with E-state index < -0.39 is 42.3 Å². The lowest BCUT2D eigenvalue weighted by atomic mass is 9.99. The van der Waals surface area contributed by atoms with Crippen molar-refractivity contribution in [2.45, 2.75) is 24.2 Å². The van der Waals surface area contributed by atoms with Gasteiger partial charge in [0.15, 0.2) is 5.83 Å². The summed E-state index contributed by atoms with van der Waals surface area (Å²) in [5.74, 6) is -4.32. The maximum absolute atomic E-state index is 12.8. The molecule has 0 aliphatic heterocycles. The molecule has 0 nitrogen and oxygen atoms in total. The van der Waals surface area contributed by atoms with Crippen molar-refractivity contribution in [1.82, 2.24) is 0 Å². The summed E-state index contributed by atoms with van der Waals surface area (Å²) in [6.45, 7) is -3.09. The summed E-state index contributed by atoms with van der Waals surface area (Å²) >= 11 is 0. The second kappa shape index (κ2) is 4.78. The van der Waals surface area contributed by atoms with Gasteiger partial charge in [0.05, 0.1) is 5.57 Å². The molecule has 0 amide bonds. The first-order valence-corrected chi connectivity index (χ1v) is 3.95. The highest BCUT2D eigenvalue weighted by Gasteiger charge is 2.76. The Bertz CT molecular complexity index is 338. The highest BCUT2D eigenvalue weighted by molar-refractivity contribution is 5.27. The summed E-state index contributed by atoms with van der Waals surface area (Å²) < 4.78 is 144. The largest absolute Gasteiger partial charge is 0.438 e. The van der Waals surface area contributed by atoms with Crippen LogP contribution in [-0.2, 0) is 0 Å². The average Bonchev–Trinajstić information content (AvgIpc) is 2.11. The average molecular weight is 314 g/mol. The summed E-state index contributed by atoms with van der Waals surface area (Å²) in [6.07, 6.45) is -20.4. The minimum absolute atomic E-state index is 3.09. The van der Waals surface area contributed by atoms with E-state index in [9.17, 15) is 52.7 Å². The van der Waals surface area contributed by atoms with Gasteiger partial charge in [0, 0.05) is 0 Å². The molecule has 0 N–H and O–H groups in total. The quantitative estimate of drug-likeness (QED) is 0.655. The van der Waals surface area contributed by atoms with E-state index >= 15 is 0 Å². The highest BCUT2D eigenvalue weighted by atomic mass is 19.4. The molecule has 0 bridgehead atoms. The summed E-state index contributed by atoms with van der Waals surface area (Å²) in [5.41, 5.74) is -10.5. The standard InChI is InChI=1S/C7H2F12/c8-1-2(5(11,12)13)3(9)4(10,6(14,15)16)7(17,18)19/h1H2/b3-2+. The molecule has 0 heterocycles. The molecule has 0 aliphatic carbocycles. The lowest BCUT2D eigenvalue weighted by molar-refractivity contribution is -0.332. The zero-order valence-electron chi connectivity index (χ0n) is 8.24. The molecule has 0 aromatic rings. The molecule has 0 spiro atoms. The van der Waals surface area contributed by atoms with Gasteiger partial charge in [-0.05, 0) is 0 Å². The summed E-state index contributed by atoms with van der Waals surface area (Å²) in [7, 11) is 0. The van der Waals surface area contributed by atoms with Gasteiger partial charge in [-0.25, -0.2) is 13.2 Å². The van der Waals surface area contributed by atoms with Gasteiger partial charge in [0.25, 0.3) is 0 Å². The van der Waals surface area contributed by atoms with Gasteiger partial charge in [0.1, 0.15) is 6.67 Å². The Labute approximate surface area is 96.2 Å². The van der Waals surface area contributed by atoms with Crippen LogP contribution < -0.4 is 0 Å². The zero-order chi connectivity index (χ0) is 15.9. The Morgan fingerprint density at radius 1 is 0.684 bits per heavy atom. The van der Waals surface area contributed by atoms with E-state index in [1.54, 1.807) is 0 Å². The van der Waals surface area contributed by atoms with Crippen molar-refractivity contribution < 1.29 is 52.7 Å². The van der Waals surface area contributed by atoms with Crippen LogP contribution in [0.1, 0.15) is 0 Å². The maximum Gasteiger partial charge on any atom is 0.438 e. The minimum atomic E-state index is -7.08. The van der Waals surface area contributed by atoms with Crippen LogP contribution in [0.25, 0.3) is 0 Å². The first kappa shape index (κ1) is 17.9. The molecule has 0 rings (SSSR count). The van der Waals surface area contributed by atoms with Crippen LogP contribution >= 0.6 is 0 Å². The van der Waals surface area contributed by atoms with E-state index in [1.807, 2.05) is 0 Å². The van der Waals surface area contributed by atoms with Crippen LogP contribution in [0.2, 0.25) is 0 Å². The van der Waals surface area contributed by atoms with E-state index in [0.717, 1.165) is 0 Å². The summed E-state index contributed by atoms with van der Waals surface area (Å²) in [4.78, 5) is 0. The number of allylic oxidation sites excluding steroid dienone is 2. The number of alkyl halides is 11. The summed E-state index contributed by atoms with van der Waals surface area (Å²) in [6, 6.07) is 0. The van der Waals surface area contributed by atoms with Crippen molar-refractivity contribution in [1.29, 1.82) is 0 Å². The van der Waals surface area contributed by atoms with Crippen LogP contribution in [0.15, 0.2) is 11.4 Å². The van der Waals surface area contributed by atoms with Crippen molar-refractivity contribution in [3.05, 3.63) is 11.4 Å². The fourth-order valence-corrected chi connectivity index (χ4v) is 0.876. The van der Waals surface area contributed by atoms with Gasteiger partial charge in [-0.15, -0.1) is 0 Å². The van der Waals surface area contributed by atoms with Gasteiger partial charge < -0.3 is 0 Å². The fourth-order valence-electron chi connectivity index (χ4n) is 0.876. The van der Waals surface area contributed by atoms with E-state index in [4.69, 9.17) is 0 Å². The molecule has 0 fully saturated rings. The topological polar surface area (TPSA) is 0 Å². The number of hydrogen-bond donors (Lipinski definition) is 0. The van der Waals surface area contributed by atoms with Gasteiger partial charge >= 0.3 is 24.2 Å². The van der Waals surface area contributed by atoms with Crippen LogP contribution in [0.4, 0.5) is 52.7 Å². The smallest absolute Gasteiger partial charge is 0.246 e. The molecule has 0 aromatic carbocycles. The third-order valence-corrected chi connectivity index (χ3v) is 1.82. The first-order valence-electron chi connectivity index (χ1n) is 3.95. The minimum Gasteiger partial charge on any atom is -0.246 e. The molecule has 0 unspecified atom stereocenters. The lowest BCUT2D eigenvalue weighted by Crippen LogP contribution is -2.54. The predicted octanol–water partition coefficient (Wildman–Crippen LogP) is 4.57. The molecule has 19 heavy (non-hydrogen) atoms. The molecular formula is C7H2F12. The molecule has 114 valence electrons. The van der Waals surface area contributed by atoms with Crippen LogP contribution in [-0.4, -0.2) is 30.9 Å². The Morgan fingerprint density at radius 2 is 1.00 bits per heavy atom. The molecule has 0 saturated carbocycles. The number of hydrogen-bond acceptors (Lipinski definition) is 0. The molecule has 0 aliphatic rings. The Morgan fingerprint density at radius 3 is 1.16 bits per heavy atom. The third-order valence-electron chi connectivity index (χ3n) is 1.82. The van der Waals surface area contributed by atoms with Crippen LogP contribution in [0, 0.1) is 0 Å². The van der Waals surface area contributed by atoms with Crippen molar-refractivity contribution >= 4 is 0 Å². The maximum atomic E-state index is 12.8. The number of halogens is 12. The Balaban J connectivity index is 6.29. The third kappa shape index (κ3) is 3.08. The molecule has 0 aromatic heterocycles. The van der Waals surface area contributed by atoms with E-state index in [2.05, 4.69) is 0 Å². The van der Waals surface area contributed by atoms with Crippen molar-refractivity contribution in [2.24, 2.45) is 0 Å². The van der Waals surface area contributed by atoms with Crippen LogP contribution in [0.3, 0.4) is 0 Å². The van der Waals surface area contributed by atoms with Crippen molar-refractivity contribution in [3.8, 4) is 0 Å². The van der Waals surface area contributed by atoms with E-state index in [1.165, 1.54) is 0 Å². The Hall–Kier alpha value is -1.10. The predicted molar refractivity (Wildman–Crippen MR) is 36.1 cm³/mol. The highest BCUT2D eigenvalue weighted by Crippen LogP contribution is 2.53. The second-order valence-corrected chi connectivity index (χ2v) is 3.08. The monoisotopic (exact) mass is 314 g/mol. The molecule has 0 radical (unpaired) electrons. The molecule has 0 saturated heterocycles. The van der Waals surface area contributed by atoms with Gasteiger partial charge in [-0.2, -0.15) is 39.5 Å². The molecule has 0 atom stereocenters. The molecule has 12 heteroatoms. The Kier molecular flexibility index (Phi) is 4.50.